The monoisotopic (exact) mass is 414 g/mol. The molecular weight excluding hydrogens is 372 g/mol. The molecule has 168 valence electrons. The summed E-state index contributed by atoms with van der Waals surface area (Å²) in [6.45, 7) is 9.50. The van der Waals surface area contributed by atoms with Gasteiger partial charge < -0.3 is 10.1 Å². The van der Waals surface area contributed by atoms with Crippen LogP contribution in [0.3, 0.4) is 0 Å². The van der Waals surface area contributed by atoms with Gasteiger partial charge in [-0.2, -0.15) is 5.26 Å². The lowest BCUT2D eigenvalue weighted by molar-refractivity contribution is 0.0435. The van der Waals surface area contributed by atoms with Crippen LogP contribution in [0.2, 0.25) is 0 Å². The molecule has 1 atom stereocenters. The normalized spacial score (nSPS) is 12.2. The predicted molar refractivity (Wildman–Crippen MR) is 126 cm³/mol. The van der Waals surface area contributed by atoms with Crippen LogP contribution in [0.5, 0.6) is 0 Å². The van der Waals surface area contributed by atoms with E-state index < -0.39 is 12.1 Å². The van der Waals surface area contributed by atoms with Crippen molar-refractivity contribution in [3.05, 3.63) is 29.8 Å². The van der Waals surface area contributed by atoms with E-state index in [2.05, 4.69) is 26.1 Å². The minimum atomic E-state index is -0.728. The molecule has 0 spiro atoms. The average Bonchev–Trinajstić information content (AvgIpc) is 2.70. The molecule has 0 bridgehead atoms. The largest absolute Gasteiger partial charge is 0.444 e. The number of nitriles is 1. The zero-order chi connectivity index (χ0) is 22.2. The molecule has 0 fully saturated rings. The smallest absolute Gasteiger partial charge is 0.339 e. The first-order valence-corrected chi connectivity index (χ1v) is 11.8. The van der Waals surface area contributed by atoms with E-state index in [4.69, 9.17) is 10.00 Å². The molecule has 1 unspecified atom stereocenters. The van der Waals surface area contributed by atoms with E-state index in [9.17, 15) is 4.79 Å². The van der Waals surface area contributed by atoms with Crippen LogP contribution in [0, 0.1) is 16.7 Å². The average molecular weight is 415 g/mol. The van der Waals surface area contributed by atoms with Crippen LogP contribution >= 0.6 is 0 Å². The Labute approximate surface area is 184 Å². The zero-order valence-corrected chi connectivity index (χ0v) is 19.6. The highest BCUT2D eigenvalue weighted by molar-refractivity contribution is 5.90. The highest BCUT2D eigenvalue weighted by Gasteiger charge is 2.11. The van der Waals surface area contributed by atoms with Crippen molar-refractivity contribution in [3.63, 3.8) is 0 Å². The Morgan fingerprint density at radius 3 is 1.93 bits per heavy atom. The van der Waals surface area contributed by atoms with Crippen molar-refractivity contribution in [2.45, 2.75) is 104 Å². The predicted octanol–water partition coefficient (Wildman–Crippen LogP) is 7.50. The van der Waals surface area contributed by atoms with Crippen molar-refractivity contribution in [2.75, 3.05) is 11.9 Å². The lowest BCUT2D eigenvalue weighted by Crippen LogP contribution is -2.13. The van der Waals surface area contributed by atoms with E-state index in [-0.39, 0.29) is 0 Å². The molecule has 1 aromatic rings. The van der Waals surface area contributed by atoms with Gasteiger partial charge in [0.2, 0.25) is 0 Å². The zero-order valence-electron chi connectivity index (χ0n) is 19.6. The third kappa shape index (κ3) is 13.2. The molecule has 0 saturated heterocycles. The van der Waals surface area contributed by atoms with Gasteiger partial charge in [-0.3, -0.25) is 0 Å². The first-order chi connectivity index (χ1) is 14.3. The molecule has 1 rings (SSSR count). The number of nitrogens with zero attached hydrogens (tertiary/aromatic N) is 1. The summed E-state index contributed by atoms with van der Waals surface area (Å²) in [5.74, 6) is -0.458. The SMILES string of the molecule is CC(C#N)OC(=O)c1ccc(NCCCCCCCCCCCCC(C)(C)C)cc1. The fourth-order valence-corrected chi connectivity index (χ4v) is 3.41. The summed E-state index contributed by atoms with van der Waals surface area (Å²) in [4.78, 5) is 11.8. The molecule has 1 aromatic carbocycles. The van der Waals surface area contributed by atoms with Crippen LogP contribution in [0.25, 0.3) is 0 Å². The lowest BCUT2D eigenvalue weighted by Gasteiger charge is -2.17. The summed E-state index contributed by atoms with van der Waals surface area (Å²) in [6.07, 6.45) is 14.0. The summed E-state index contributed by atoms with van der Waals surface area (Å²) in [7, 11) is 0. The van der Waals surface area contributed by atoms with E-state index in [1.807, 2.05) is 18.2 Å². The van der Waals surface area contributed by atoms with Crippen molar-refractivity contribution in [1.82, 2.24) is 0 Å². The number of esters is 1. The number of anilines is 1. The Hall–Kier alpha value is -2.02. The van der Waals surface area contributed by atoms with Crippen molar-refractivity contribution in [1.29, 1.82) is 5.26 Å². The number of ether oxygens (including phenoxy) is 1. The van der Waals surface area contributed by atoms with E-state index in [1.54, 1.807) is 19.1 Å². The first kappa shape index (κ1) is 26.0. The molecule has 0 radical (unpaired) electrons. The number of rotatable bonds is 15. The number of hydrogen-bond donors (Lipinski definition) is 1. The van der Waals surface area contributed by atoms with Crippen LogP contribution in [-0.2, 0) is 4.74 Å². The summed E-state index contributed by atoms with van der Waals surface area (Å²) >= 11 is 0. The molecule has 0 saturated carbocycles. The Morgan fingerprint density at radius 2 is 1.43 bits per heavy atom. The van der Waals surface area contributed by atoms with E-state index in [1.165, 1.54) is 64.2 Å². The molecule has 1 N–H and O–H groups in total. The molecule has 0 aromatic heterocycles. The van der Waals surface area contributed by atoms with Crippen molar-refractivity contribution in [2.24, 2.45) is 5.41 Å². The van der Waals surface area contributed by atoms with Gasteiger partial charge in [0.25, 0.3) is 0 Å². The summed E-state index contributed by atoms with van der Waals surface area (Å²) in [5.41, 5.74) is 1.96. The molecule has 0 aliphatic rings. The van der Waals surface area contributed by atoms with Gasteiger partial charge in [-0.1, -0.05) is 78.6 Å². The standard InChI is InChI=1S/C26H42N2O2/c1-22(21-27)30-25(29)23-15-17-24(18-16-23)28-20-14-12-10-8-6-5-7-9-11-13-19-26(2,3)4/h15-18,22,28H,5-14,19-20H2,1-4H3. The molecule has 0 aliphatic heterocycles. The number of benzene rings is 1. The maximum absolute atomic E-state index is 11.8. The number of unbranched alkanes of at least 4 members (excludes halogenated alkanes) is 9. The van der Waals surface area contributed by atoms with Gasteiger partial charge in [-0.25, -0.2) is 4.79 Å². The molecule has 4 heteroatoms. The third-order valence-electron chi connectivity index (χ3n) is 5.27. The van der Waals surface area contributed by atoms with Crippen LogP contribution in [0.15, 0.2) is 24.3 Å². The molecular formula is C26H42N2O2. The Balaban J connectivity index is 1.98. The van der Waals surface area contributed by atoms with Gasteiger partial charge in [-0.05, 0) is 49.4 Å². The quantitative estimate of drug-likeness (QED) is 0.238. The summed E-state index contributed by atoms with van der Waals surface area (Å²) in [5, 5.41) is 12.1. The Bertz CT molecular complexity index is 626. The van der Waals surface area contributed by atoms with Crippen molar-refractivity contribution >= 4 is 11.7 Å². The summed E-state index contributed by atoms with van der Waals surface area (Å²) in [6, 6.07) is 9.13. The highest BCUT2D eigenvalue weighted by Crippen LogP contribution is 2.22. The van der Waals surface area contributed by atoms with Gasteiger partial charge in [0.1, 0.15) is 6.07 Å². The van der Waals surface area contributed by atoms with Crippen LogP contribution < -0.4 is 5.32 Å². The molecule has 4 nitrogen and oxygen atoms in total. The van der Waals surface area contributed by atoms with Crippen molar-refractivity contribution < 1.29 is 9.53 Å². The van der Waals surface area contributed by atoms with Gasteiger partial charge in [0.05, 0.1) is 5.56 Å². The third-order valence-corrected chi connectivity index (χ3v) is 5.27. The Kier molecular flexibility index (Phi) is 12.9. The molecule has 30 heavy (non-hydrogen) atoms. The van der Waals surface area contributed by atoms with Crippen LogP contribution in [-0.4, -0.2) is 18.6 Å². The molecule has 0 heterocycles. The maximum Gasteiger partial charge on any atom is 0.339 e. The van der Waals surface area contributed by atoms with Crippen molar-refractivity contribution in [3.8, 4) is 6.07 Å². The number of hydrogen-bond acceptors (Lipinski definition) is 4. The second-order valence-corrected chi connectivity index (χ2v) is 9.53. The second-order valence-electron chi connectivity index (χ2n) is 9.53. The Morgan fingerprint density at radius 1 is 0.933 bits per heavy atom. The van der Waals surface area contributed by atoms with Crippen LogP contribution in [0.4, 0.5) is 5.69 Å². The first-order valence-electron chi connectivity index (χ1n) is 11.8. The number of carbonyl (C=O) groups is 1. The van der Waals surface area contributed by atoms with Gasteiger partial charge in [0.15, 0.2) is 6.10 Å². The molecule has 0 amide bonds. The fourth-order valence-electron chi connectivity index (χ4n) is 3.41. The van der Waals surface area contributed by atoms with Gasteiger partial charge in [0, 0.05) is 12.2 Å². The minimum absolute atomic E-state index is 0.458. The second kappa shape index (κ2) is 14.9. The van der Waals surface area contributed by atoms with Crippen LogP contribution in [0.1, 0.15) is 109 Å². The van der Waals surface area contributed by atoms with E-state index in [0.29, 0.717) is 11.0 Å². The van der Waals surface area contributed by atoms with E-state index in [0.717, 1.165) is 18.7 Å². The number of carbonyl (C=O) groups excluding carboxylic acids is 1. The van der Waals surface area contributed by atoms with Gasteiger partial charge in [-0.15, -0.1) is 0 Å². The number of nitrogens with one attached hydrogen (secondary N) is 1. The van der Waals surface area contributed by atoms with E-state index >= 15 is 0 Å². The summed E-state index contributed by atoms with van der Waals surface area (Å²) < 4.78 is 4.99. The maximum atomic E-state index is 11.8. The minimum Gasteiger partial charge on any atom is -0.444 e. The fraction of sp³-hybridized carbons (Fsp3) is 0.692. The van der Waals surface area contributed by atoms with Gasteiger partial charge >= 0.3 is 5.97 Å². The lowest BCUT2D eigenvalue weighted by atomic mass is 9.89. The highest BCUT2D eigenvalue weighted by atomic mass is 16.5. The topological polar surface area (TPSA) is 62.1 Å². The molecule has 0 aliphatic carbocycles.